The van der Waals surface area contributed by atoms with Gasteiger partial charge in [0.25, 0.3) is 0 Å². The highest BCUT2D eigenvalue weighted by molar-refractivity contribution is 5.78. The minimum absolute atomic E-state index is 0.0856. The number of hydrogen-bond acceptors (Lipinski definition) is 4. The van der Waals surface area contributed by atoms with Crippen LogP contribution in [-0.2, 0) is 9.53 Å². The number of benzene rings is 1. The topological polar surface area (TPSA) is 55.6 Å². The maximum absolute atomic E-state index is 12.3. The highest BCUT2D eigenvalue weighted by Crippen LogP contribution is 2.36. The molecule has 21 heavy (non-hydrogen) atoms. The van der Waals surface area contributed by atoms with Crippen molar-refractivity contribution in [3.05, 3.63) is 29.8 Å². The van der Waals surface area contributed by atoms with Gasteiger partial charge in [0.05, 0.1) is 5.92 Å². The first-order valence-corrected chi connectivity index (χ1v) is 7.82. The van der Waals surface area contributed by atoms with Gasteiger partial charge in [-0.05, 0) is 57.4 Å². The monoisotopic (exact) mass is 288 g/mol. The van der Waals surface area contributed by atoms with Gasteiger partial charge in [0.1, 0.15) is 6.10 Å². The molecule has 2 aliphatic rings. The van der Waals surface area contributed by atoms with Crippen LogP contribution in [0.2, 0.25) is 0 Å². The second-order valence-electron chi connectivity index (χ2n) is 6.47. The zero-order chi connectivity index (χ0) is 15.0. The highest BCUT2D eigenvalue weighted by Gasteiger charge is 2.40. The molecule has 1 aromatic carbocycles. The van der Waals surface area contributed by atoms with Crippen molar-refractivity contribution in [2.45, 2.75) is 56.7 Å². The lowest BCUT2D eigenvalue weighted by Crippen LogP contribution is -2.43. The van der Waals surface area contributed by atoms with Crippen LogP contribution in [0, 0.1) is 0 Å². The Morgan fingerprint density at radius 2 is 1.81 bits per heavy atom. The fourth-order valence-corrected chi connectivity index (χ4v) is 3.64. The van der Waals surface area contributed by atoms with Gasteiger partial charge in [0.15, 0.2) is 0 Å². The summed E-state index contributed by atoms with van der Waals surface area (Å²) in [6, 6.07) is 8.64. The van der Waals surface area contributed by atoms with Gasteiger partial charge in [-0.15, -0.1) is 0 Å². The summed E-state index contributed by atoms with van der Waals surface area (Å²) in [6.07, 6.45) is 4.52. The van der Waals surface area contributed by atoms with Gasteiger partial charge in [-0.3, -0.25) is 4.79 Å². The van der Waals surface area contributed by atoms with Gasteiger partial charge >= 0.3 is 5.97 Å². The van der Waals surface area contributed by atoms with E-state index < -0.39 is 0 Å². The lowest BCUT2D eigenvalue weighted by atomic mass is 9.99. The zero-order valence-corrected chi connectivity index (χ0v) is 12.8. The van der Waals surface area contributed by atoms with Crippen molar-refractivity contribution >= 4 is 11.7 Å². The second kappa shape index (κ2) is 5.68. The van der Waals surface area contributed by atoms with E-state index in [1.54, 1.807) is 0 Å². The quantitative estimate of drug-likeness (QED) is 0.686. The van der Waals surface area contributed by atoms with Crippen LogP contribution >= 0.6 is 0 Å². The van der Waals surface area contributed by atoms with Crippen LogP contribution in [0.15, 0.2) is 24.3 Å². The number of nitrogen functional groups attached to an aromatic ring is 1. The minimum atomic E-state index is -0.233. The summed E-state index contributed by atoms with van der Waals surface area (Å²) < 4.78 is 5.77. The van der Waals surface area contributed by atoms with Crippen LogP contribution < -0.4 is 5.73 Å². The van der Waals surface area contributed by atoms with E-state index in [1.807, 2.05) is 31.2 Å². The number of piperidine rings is 1. The van der Waals surface area contributed by atoms with Crippen molar-refractivity contribution in [2.24, 2.45) is 0 Å². The molecule has 2 bridgehead atoms. The molecule has 4 atom stereocenters. The molecule has 0 aromatic heterocycles. The largest absolute Gasteiger partial charge is 0.462 e. The summed E-state index contributed by atoms with van der Waals surface area (Å²) >= 11 is 0. The van der Waals surface area contributed by atoms with Crippen LogP contribution in [-0.4, -0.2) is 36.1 Å². The van der Waals surface area contributed by atoms with Gasteiger partial charge in [-0.1, -0.05) is 12.1 Å². The SMILES string of the molecule is CC(C(=O)OC1C[C@H]2CC[C@@H](C1)N2C)c1ccc(N)cc1. The average molecular weight is 288 g/mol. The fourth-order valence-electron chi connectivity index (χ4n) is 3.64. The Morgan fingerprint density at radius 1 is 1.24 bits per heavy atom. The van der Waals surface area contributed by atoms with E-state index in [9.17, 15) is 4.79 Å². The van der Waals surface area contributed by atoms with Crippen LogP contribution in [0.4, 0.5) is 5.69 Å². The van der Waals surface area contributed by atoms with Crippen LogP contribution in [0.1, 0.15) is 44.1 Å². The number of esters is 1. The van der Waals surface area contributed by atoms with E-state index in [1.165, 1.54) is 12.8 Å². The van der Waals surface area contributed by atoms with E-state index in [0.29, 0.717) is 17.8 Å². The number of nitrogens with two attached hydrogens (primary N) is 1. The first-order valence-electron chi connectivity index (χ1n) is 7.82. The summed E-state index contributed by atoms with van der Waals surface area (Å²) in [5.74, 6) is -0.350. The average Bonchev–Trinajstić information content (AvgIpc) is 2.69. The number of fused-ring (bicyclic) bond motifs is 2. The van der Waals surface area contributed by atoms with Gasteiger partial charge in [0, 0.05) is 17.8 Å². The molecule has 3 rings (SSSR count). The summed E-state index contributed by atoms with van der Waals surface area (Å²) in [6.45, 7) is 1.90. The van der Waals surface area contributed by atoms with Crippen LogP contribution in [0.5, 0.6) is 0 Å². The predicted octanol–water partition coefficient (Wildman–Crippen LogP) is 2.54. The molecule has 2 saturated heterocycles. The van der Waals surface area contributed by atoms with Crippen LogP contribution in [0.25, 0.3) is 0 Å². The molecule has 0 saturated carbocycles. The van der Waals surface area contributed by atoms with Crippen molar-refractivity contribution in [2.75, 3.05) is 12.8 Å². The lowest BCUT2D eigenvalue weighted by molar-refractivity contribution is -0.153. The fraction of sp³-hybridized carbons (Fsp3) is 0.588. The molecule has 0 amide bonds. The van der Waals surface area contributed by atoms with E-state index in [4.69, 9.17) is 10.5 Å². The van der Waals surface area contributed by atoms with Crippen molar-refractivity contribution in [1.29, 1.82) is 0 Å². The molecule has 2 fully saturated rings. The van der Waals surface area contributed by atoms with E-state index >= 15 is 0 Å². The van der Waals surface area contributed by atoms with Crippen molar-refractivity contribution in [3.63, 3.8) is 0 Å². The molecule has 2 unspecified atom stereocenters. The third-order valence-corrected chi connectivity index (χ3v) is 5.13. The Labute approximate surface area is 126 Å². The molecule has 0 radical (unpaired) electrons. The molecule has 2 N–H and O–H groups in total. The maximum Gasteiger partial charge on any atom is 0.313 e. The number of carbonyl (C=O) groups excluding carboxylic acids is 1. The Morgan fingerprint density at radius 3 is 2.38 bits per heavy atom. The molecule has 2 heterocycles. The normalized spacial score (nSPS) is 30.1. The summed E-state index contributed by atoms with van der Waals surface area (Å²) in [5.41, 5.74) is 7.36. The van der Waals surface area contributed by atoms with Gasteiger partial charge in [-0.25, -0.2) is 0 Å². The van der Waals surface area contributed by atoms with E-state index in [-0.39, 0.29) is 18.0 Å². The molecule has 0 aliphatic carbocycles. The Kier molecular flexibility index (Phi) is 3.89. The predicted molar refractivity (Wildman–Crippen MR) is 83.0 cm³/mol. The Bertz CT molecular complexity index is 500. The Balaban J connectivity index is 1.60. The molecule has 0 spiro atoms. The third kappa shape index (κ3) is 2.91. The van der Waals surface area contributed by atoms with Gasteiger partial charge in [-0.2, -0.15) is 0 Å². The van der Waals surface area contributed by atoms with E-state index in [0.717, 1.165) is 18.4 Å². The summed E-state index contributed by atoms with van der Waals surface area (Å²) in [4.78, 5) is 14.8. The highest BCUT2D eigenvalue weighted by atomic mass is 16.5. The van der Waals surface area contributed by atoms with Crippen molar-refractivity contribution in [1.82, 2.24) is 4.90 Å². The molecule has 4 heteroatoms. The number of carbonyl (C=O) groups is 1. The van der Waals surface area contributed by atoms with E-state index in [2.05, 4.69) is 11.9 Å². The molecular weight excluding hydrogens is 264 g/mol. The number of ether oxygens (including phenoxy) is 1. The number of hydrogen-bond donors (Lipinski definition) is 1. The Hall–Kier alpha value is -1.55. The van der Waals surface area contributed by atoms with Crippen LogP contribution in [0.3, 0.4) is 0 Å². The molecule has 2 aliphatic heterocycles. The standard InChI is InChI=1S/C17H24N2O2/c1-11(12-3-5-13(18)6-4-12)17(20)21-16-9-14-7-8-15(10-16)19(14)2/h3-6,11,14-16H,7-10,18H2,1-2H3/t11?,14-,15+,16?. The third-order valence-electron chi connectivity index (χ3n) is 5.13. The molecule has 114 valence electrons. The smallest absolute Gasteiger partial charge is 0.313 e. The summed E-state index contributed by atoms with van der Waals surface area (Å²) in [5, 5.41) is 0. The number of nitrogens with zero attached hydrogens (tertiary/aromatic N) is 1. The minimum Gasteiger partial charge on any atom is -0.462 e. The molecule has 1 aromatic rings. The second-order valence-corrected chi connectivity index (χ2v) is 6.47. The first kappa shape index (κ1) is 14.4. The number of rotatable bonds is 3. The van der Waals surface area contributed by atoms with Gasteiger partial charge < -0.3 is 15.4 Å². The number of anilines is 1. The van der Waals surface area contributed by atoms with Gasteiger partial charge in [0.2, 0.25) is 0 Å². The summed E-state index contributed by atoms with van der Waals surface area (Å²) in [7, 11) is 2.19. The molecule has 4 nitrogen and oxygen atoms in total. The zero-order valence-electron chi connectivity index (χ0n) is 12.8. The molecular formula is C17H24N2O2. The first-order chi connectivity index (χ1) is 10.0. The van der Waals surface area contributed by atoms with Crippen molar-refractivity contribution < 1.29 is 9.53 Å². The maximum atomic E-state index is 12.3. The lowest BCUT2D eigenvalue weighted by Gasteiger charge is -2.36. The van der Waals surface area contributed by atoms with Crippen molar-refractivity contribution in [3.8, 4) is 0 Å².